The predicted molar refractivity (Wildman–Crippen MR) is 136 cm³/mol. The molecule has 4 rings (SSSR count). The molecule has 6 heteroatoms. The number of nitrogens with zero attached hydrogens (tertiary/aromatic N) is 3. The average molecular weight is 465 g/mol. The minimum absolute atomic E-state index is 0.0911. The van der Waals surface area contributed by atoms with E-state index >= 15 is 0 Å². The van der Waals surface area contributed by atoms with Gasteiger partial charge in [-0.15, -0.1) is 0 Å². The summed E-state index contributed by atoms with van der Waals surface area (Å²) >= 11 is 0. The third-order valence-corrected chi connectivity index (χ3v) is 7.51. The van der Waals surface area contributed by atoms with Crippen molar-refractivity contribution in [2.24, 2.45) is 0 Å². The summed E-state index contributed by atoms with van der Waals surface area (Å²) in [6, 6.07) is 10.1. The molecule has 1 aromatic carbocycles. The number of benzene rings is 1. The number of nitrogens with one attached hydrogen (secondary N) is 1. The van der Waals surface area contributed by atoms with Crippen LogP contribution in [0.5, 0.6) is 0 Å². The molecule has 0 radical (unpaired) electrons. The summed E-state index contributed by atoms with van der Waals surface area (Å²) in [6.45, 7) is 10.7. The van der Waals surface area contributed by atoms with Crippen LogP contribution >= 0.6 is 0 Å². The lowest BCUT2D eigenvalue weighted by Crippen LogP contribution is -2.65. The molecule has 34 heavy (non-hydrogen) atoms. The van der Waals surface area contributed by atoms with Gasteiger partial charge in [-0.05, 0) is 55.4 Å². The van der Waals surface area contributed by atoms with Crippen LogP contribution in [-0.2, 0) is 11.3 Å². The van der Waals surface area contributed by atoms with Crippen LogP contribution in [0.2, 0.25) is 0 Å². The van der Waals surface area contributed by atoms with Crippen LogP contribution in [0.4, 0.5) is 5.69 Å². The standard InChI is InChI=1S/C28H40N4O2/c1-19(2)21-13-15-23(16-14-21)32-26(33)25-17-24(20(3)4)30-31(25)18-28(32,5)27(34)29-22-11-9-7-6-8-10-12-22/h13-17,19-20,22H,6-12,18H2,1-5H3,(H,29,34)/t28-/m1/s1. The molecule has 1 N–H and O–H groups in total. The zero-order valence-electron chi connectivity index (χ0n) is 21.4. The molecule has 0 unspecified atom stereocenters. The summed E-state index contributed by atoms with van der Waals surface area (Å²) in [5, 5.41) is 8.04. The van der Waals surface area contributed by atoms with Gasteiger partial charge >= 0.3 is 0 Å². The molecule has 6 nitrogen and oxygen atoms in total. The number of hydrogen-bond donors (Lipinski definition) is 1. The molecule has 2 aromatic rings. The highest BCUT2D eigenvalue weighted by atomic mass is 16.2. The largest absolute Gasteiger partial charge is 0.351 e. The first-order valence-corrected chi connectivity index (χ1v) is 13.0. The topological polar surface area (TPSA) is 67.2 Å². The highest BCUT2D eigenvalue weighted by Crippen LogP contribution is 2.34. The zero-order chi connectivity index (χ0) is 24.5. The van der Waals surface area contributed by atoms with E-state index in [9.17, 15) is 9.59 Å². The maximum absolute atomic E-state index is 13.9. The van der Waals surface area contributed by atoms with E-state index in [-0.39, 0.29) is 23.8 Å². The first-order chi connectivity index (χ1) is 16.2. The Morgan fingerprint density at radius 3 is 2.21 bits per heavy atom. The van der Waals surface area contributed by atoms with E-state index in [1.807, 2.05) is 25.1 Å². The van der Waals surface area contributed by atoms with Crippen LogP contribution in [0.1, 0.15) is 113 Å². The number of aromatic nitrogens is 2. The molecule has 2 heterocycles. The van der Waals surface area contributed by atoms with Gasteiger partial charge in [0.05, 0.1) is 12.2 Å². The normalized spacial score (nSPS) is 22.0. The molecule has 1 atom stereocenters. The number of anilines is 1. The fraction of sp³-hybridized carbons (Fsp3) is 0.607. The molecule has 0 spiro atoms. The molecule has 1 fully saturated rings. The SMILES string of the molecule is CC(C)c1ccc(N2C(=O)c3cc(C(C)C)nn3C[C@]2(C)C(=O)NC2CCCCCCC2)cc1. The predicted octanol–water partition coefficient (Wildman–Crippen LogP) is 5.78. The molecule has 1 aromatic heterocycles. The van der Waals surface area contributed by atoms with E-state index < -0.39 is 5.54 Å². The van der Waals surface area contributed by atoms with Gasteiger partial charge in [-0.1, -0.05) is 71.9 Å². The van der Waals surface area contributed by atoms with E-state index in [4.69, 9.17) is 5.10 Å². The first-order valence-electron chi connectivity index (χ1n) is 13.0. The third-order valence-electron chi connectivity index (χ3n) is 7.51. The van der Waals surface area contributed by atoms with Crippen LogP contribution in [0, 0.1) is 0 Å². The summed E-state index contributed by atoms with van der Waals surface area (Å²) in [5.41, 5.74) is 2.33. The van der Waals surface area contributed by atoms with E-state index in [1.54, 1.807) is 9.58 Å². The smallest absolute Gasteiger partial charge is 0.277 e. The van der Waals surface area contributed by atoms with Crippen LogP contribution in [0.25, 0.3) is 0 Å². The lowest BCUT2D eigenvalue weighted by Gasteiger charge is -2.44. The van der Waals surface area contributed by atoms with Gasteiger partial charge in [0.25, 0.3) is 5.91 Å². The summed E-state index contributed by atoms with van der Waals surface area (Å²) in [4.78, 5) is 29.5. The van der Waals surface area contributed by atoms with Gasteiger partial charge in [0.1, 0.15) is 11.2 Å². The Hall–Kier alpha value is -2.63. The minimum Gasteiger partial charge on any atom is -0.351 e. The maximum atomic E-state index is 13.9. The Labute approximate surface area is 204 Å². The van der Waals surface area contributed by atoms with E-state index in [0.717, 1.165) is 37.1 Å². The second kappa shape index (κ2) is 9.93. The second-order valence-electron chi connectivity index (χ2n) is 10.9. The van der Waals surface area contributed by atoms with Crippen molar-refractivity contribution in [1.82, 2.24) is 15.1 Å². The van der Waals surface area contributed by atoms with E-state index in [0.29, 0.717) is 18.2 Å². The van der Waals surface area contributed by atoms with Crippen LogP contribution in [-0.4, -0.2) is 33.2 Å². The van der Waals surface area contributed by atoms with Gasteiger partial charge in [-0.3, -0.25) is 19.2 Å². The summed E-state index contributed by atoms with van der Waals surface area (Å²) in [7, 11) is 0. The summed E-state index contributed by atoms with van der Waals surface area (Å²) in [5.74, 6) is 0.347. The molecule has 1 saturated carbocycles. The molecule has 0 bridgehead atoms. The van der Waals surface area contributed by atoms with Crippen molar-refractivity contribution < 1.29 is 9.59 Å². The van der Waals surface area contributed by atoms with Gasteiger partial charge in [0.15, 0.2) is 0 Å². The van der Waals surface area contributed by atoms with Gasteiger partial charge in [-0.25, -0.2) is 0 Å². The van der Waals surface area contributed by atoms with Gasteiger partial charge in [-0.2, -0.15) is 5.10 Å². The molecule has 1 aliphatic carbocycles. The average Bonchev–Trinajstić information content (AvgIpc) is 3.20. The number of amides is 2. The number of fused-ring (bicyclic) bond motifs is 1. The highest BCUT2D eigenvalue weighted by molar-refractivity contribution is 6.11. The fourth-order valence-corrected chi connectivity index (χ4v) is 5.24. The van der Waals surface area contributed by atoms with Crippen LogP contribution < -0.4 is 10.2 Å². The van der Waals surface area contributed by atoms with Crippen molar-refractivity contribution in [1.29, 1.82) is 0 Å². The van der Waals surface area contributed by atoms with Gasteiger partial charge in [0.2, 0.25) is 5.91 Å². The van der Waals surface area contributed by atoms with Crippen molar-refractivity contribution in [2.75, 3.05) is 4.90 Å². The molecule has 184 valence electrons. The Morgan fingerprint density at radius 2 is 1.62 bits per heavy atom. The molecule has 2 aliphatic rings. The second-order valence-corrected chi connectivity index (χ2v) is 10.9. The van der Waals surface area contributed by atoms with Gasteiger partial charge < -0.3 is 5.32 Å². The Bertz CT molecular complexity index is 1020. The van der Waals surface area contributed by atoms with Crippen molar-refractivity contribution >= 4 is 17.5 Å². The Kier molecular flexibility index (Phi) is 7.15. The minimum atomic E-state index is -1.06. The molecule has 1 aliphatic heterocycles. The third kappa shape index (κ3) is 4.77. The number of rotatable bonds is 5. The monoisotopic (exact) mass is 464 g/mol. The molecule has 2 amide bonds. The summed E-state index contributed by atoms with van der Waals surface area (Å²) in [6.07, 6.45) is 8.03. The maximum Gasteiger partial charge on any atom is 0.277 e. The fourth-order valence-electron chi connectivity index (χ4n) is 5.24. The van der Waals surface area contributed by atoms with Gasteiger partial charge in [0, 0.05) is 11.7 Å². The van der Waals surface area contributed by atoms with E-state index in [2.05, 4.69) is 45.1 Å². The van der Waals surface area contributed by atoms with Crippen LogP contribution in [0.15, 0.2) is 30.3 Å². The quantitative estimate of drug-likeness (QED) is 0.610. The molecular weight excluding hydrogens is 424 g/mol. The zero-order valence-corrected chi connectivity index (χ0v) is 21.4. The highest BCUT2D eigenvalue weighted by Gasteiger charge is 2.49. The Balaban J connectivity index is 1.71. The number of carbonyl (C=O) groups excluding carboxylic acids is 2. The Morgan fingerprint density at radius 1 is 1.00 bits per heavy atom. The molecular formula is C28H40N4O2. The van der Waals surface area contributed by atoms with Crippen molar-refractivity contribution in [3.63, 3.8) is 0 Å². The van der Waals surface area contributed by atoms with E-state index in [1.165, 1.54) is 24.8 Å². The lowest BCUT2D eigenvalue weighted by molar-refractivity contribution is -0.127. The van der Waals surface area contributed by atoms with Crippen molar-refractivity contribution in [2.45, 2.75) is 110 Å². The summed E-state index contributed by atoms with van der Waals surface area (Å²) < 4.78 is 1.74. The number of carbonyl (C=O) groups is 2. The van der Waals surface area contributed by atoms with Crippen LogP contribution in [0.3, 0.4) is 0 Å². The first kappa shape index (κ1) is 24.5. The van der Waals surface area contributed by atoms with Crippen molar-refractivity contribution in [3.8, 4) is 0 Å². The molecule has 0 saturated heterocycles. The van der Waals surface area contributed by atoms with Crippen molar-refractivity contribution in [3.05, 3.63) is 47.3 Å². The number of hydrogen-bond acceptors (Lipinski definition) is 3. The lowest BCUT2D eigenvalue weighted by atomic mass is 9.91.